The van der Waals surface area contributed by atoms with Crippen molar-refractivity contribution in [2.45, 2.75) is 12.6 Å². The minimum absolute atomic E-state index is 0.0814. The molecule has 0 aliphatic carbocycles. The molecular weight excluding hydrogens is 406 g/mol. The standard InChI is InChI=1S/C22H20ClN3O4/c23-17-10-8-16(9-11-17)20(15-5-2-1-3-6-15)26-19(27)14-25-22(29)21(28)24-13-18-7-4-12-30-18/h1-12,20H,13-14H2,(H,24,28)(H,25,29)(H,26,27). The van der Waals surface area contributed by atoms with Gasteiger partial charge < -0.3 is 20.4 Å². The van der Waals surface area contributed by atoms with Gasteiger partial charge in [0, 0.05) is 5.02 Å². The molecule has 1 heterocycles. The van der Waals surface area contributed by atoms with Crippen molar-refractivity contribution in [2.24, 2.45) is 0 Å². The van der Waals surface area contributed by atoms with Gasteiger partial charge in [0.15, 0.2) is 0 Å². The van der Waals surface area contributed by atoms with Gasteiger partial charge in [-0.15, -0.1) is 0 Å². The van der Waals surface area contributed by atoms with Gasteiger partial charge in [0.1, 0.15) is 5.76 Å². The number of carbonyl (C=O) groups excluding carboxylic acids is 3. The minimum Gasteiger partial charge on any atom is -0.467 e. The molecule has 0 saturated heterocycles. The van der Waals surface area contributed by atoms with Gasteiger partial charge in [-0.05, 0) is 35.4 Å². The first kappa shape index (κ1) is 21.1. The molecule has 1 unspecified atom stereocenters. The van der Waals surface area contributed by atoms with E-state index in [0.717, 1.165) is 11.1 Å². The van der Waals surface area contributed by atoms with Gasteiger partial charge in [0.2, 0.25) is 5.91 Å². The molecule has 0 bridgehead atoms. The lowest BCUT2D eigenvalue weighted by atomic mass is 9.98. The molecule has 154 valence electrons. The van der Waals surface area contributed by atoms with Crippen molar-refractivity contribution in [3.8, 4) is 0 Å². The van der Waals surface area contributed by atoms with Crippen LogP contribution in [0.15, 0.2) is 77.4 Å². The van der Waals surface area contributed by atoms with Crippen LogP contribution >= 0.6 is 11.6 Å². The number of hydrogen-bond acceptors (Lipinski definition) is 4. The quantitative estimate of drug-likeness (QED) is 0.506. The second kappa shape index (κ2) is 10.3. The highest BCUT2D eigenvalue weighted by molar-refractivity contribution is 6.35. The summed E-state index contributed by atoms with van der Waals surface area (Å²) in [5.41, 5.74) is 1.71. The summed E-state index contributed by atoms with van der Waals surface area (Å²) in [7, 11) is 0. The number of benzene rings is 2. The smallest absolute Gasteiger partial charge is 0.309 e. The lowest BCUT2D eigenvalue weighted by Crippen LogP contribution is -2.44. The predicted octanol–water partition coefficient (Wildman–Crippen LogP) is 2.57. The van der Waals surface area contributed by atoms with Crippen molar-refractivity contribution < 1.29 is 18.8 Å². The highest BCUT2D eigenvalue weighted by atomic mass is 35.5. The lowest BCUT2D eigenvalue weighted by Gasteiger charge is -2.20. The number of amides is 3. The van der Waals surface area contributed by atoms with Crippen molar-refractivity contribution in [3.63, 3.8) is 0 Å². The fourth-order valence-electron chi connectivity index (χ4n) is 2.77. The Balaban J connectivity index is 1.57. The maximum absolute atomic E-state index is 12.4. The van der Waals surface area contributed by atoms with Crippen LogP contribution < -0.4 is 16.0 Å². The van der Waals surface area contributed by atoms with Gasteiger partial charge in [0.25, 0.3) is 0 Å². The number of carbonyl (C=O) groups is 3. The molecule has 0 spiro atoms. The minimum atomic E-state index is -0.903. The number of hydrogen-bond donors (Lipinski definition) is 3. The van der Waals surface area contributed by atoms with Crippen LogP contribution in [0.4, 0.5) is 0 Å². The van der Waals surface area contributed by atoms with Crippen molar-refractivity contribution in [1.82, 2.24) is 16.0 Å². The summed E-state index contributed by atoms with van der Waals surface area (Å²) < 4.78 is 5.08. The Bertz CT molecular complexity index is 989. The summed E-state index contributed by atoms with van der Waals surface area (Å²) in [5, 5.41) is 8.19. The first-order valence-electron chi connectivity index (χ1n) is 9.21. The molecule has 7 nitrogen and oxygen atoms in total. The van der Waals surface area contributed by atoms with E-state index >= 15 is 0 Å². The number of furan rings is 1. The molecule has 3 amide bonds. The Morgan fingerprint density at radius 3 is 2.17 bits per heavy atom. The molecule has 8 heteroatoms. The summed E-state index contributed by atoms with van der Waals surface area (Å²) in [5.74, 6) is -1.68. The normalized spacial score (nSPS) is 11.4. The summed E-state index contributed by atoms with van der Waals surface area (Å²) in [6, 6.07) is 19.4. The maximum atomic E-state index is 12.4. The Labute approximate surface area is 178 Å². The molecule has 3 N–H and O–H groups in total. The van der Waals surface area contributed by atoms with E-state index in [1.807, 2.05) is 42.5 Å². The Kier molecular flexibility index (Phi) is 7.24. The van der Waals surface area contributed by atoms with Crippen molar-refractivity contribution in [3.05, 3.63) is 94.9 Å². The highest BCUT2D eigenvalue weighted by Crippen LogP contribution is 2.23. The highest BCUT2D eigenvalue weighted by Gasteiger charge is 2.19. The van der Waals surface area contributed by atoms with E-state index in [2.05, 4.69) is 16.0 Å². The average molecular weight is 426 g/mol. The van der Waals surface area contributed by atoms with Crippen LogP contribution in [-0.2, 0) is 20.9 Å². The van der Waals surface area contributed by atoms with E-state index in [1.165, 1.54) is 6.26 Å². The molecular formula is C22H20ClN3O4. The first-order valence-corrected chi connectivity index (χ1v) is 9.59. The van der Waals surface area contributed by atoms with Gasteiger partial charge in [-0.2, -0.15) is 0 Å². The van der Waals surface area contributed by atoms with Gasteiger partial charge in [-0.25, -0.2) is 0 Å². The molecule has 0 saturated carbocycles. The Morgan fingerprint density at radius 1 is 0.833 bits per heavy atom. The van der Waals surface area contributed by atoms with E-state index in [1.54, 1.807) is 24.3 Å². The van der Waals surface area contributed by atoms with E-state index in [9.17, 15) is 14.4 Å². The Hall–Kier alpha value is -3.58. The van der Waals surface area contributed by atoms with Gasteiger partial charge >= 0.3 is 11.8 Å². The number of halogens is 1. The van der Waals surface area contributed by atoms with E-state index < -0.39 is 23.8 Å². The molecule has 30 heavy (non-hydrogen) atoms. The zero-order valence-corrected chi connectivity index (χ0v) is 16.7. The molecule has 3 aromatic rings. The van der Waals surface area contributed by atoms with E-state index in [4.69, 9.17) is 16.0 Å². The zero-order valence-electron chi connectivity index (χ0n) is 15.9. The summed E-state index contributed by atoms with van der Waals surface area (Å²) >= 11 is 5.96. The first-order chi connectivity index (χ1) is 14.5. The molecule has 0 fully saturated rings. The van der Waals surface area contributed by atoms with Gasteiger partial charge in [0.05, 0.1) is 25.4 Å². The van der Waals surface area contributed by atoms with Gasteiger partial charge in [-0.1, -0.05) is 54.1 Å². The van der Waals surface area contributed by atoms with Crippen LogP contribution in [0.2, 0.25) is 5.02 Å². The fraction of sp³-hybridized carbons (Fsp3) is 0.136. The summed E-state index contributed by atoms with van der Waals surface area (Å²) in [4.78, 5) is 36.2. The number of nitrogens with one attached hydrogen (secondary N) is 3. The molecule has 0 aliphatic rings. The van der Waals surface area contributed by atoms with Crippen LogP contribution in [0.1, 0.15) is 22.9 Å². The van der Waals surface area contributed by atoms with Crippen LogP contribution in [0.3, 0.4) is 0 Å². The van der Waals surface area contributed by atoms with E-state index in [-0.39, 0.29) is 13.1 Å². The predicted molar refractivity (Wildman–Crippen MR) is 111 cm³/mol. The van der Waals surface area contributed by atoms with Crippen LogP contribution in [0, 0.1) is 0 Å². The third-order valence-corrected chi connectivity index (χ3v) is 4.51. The van der Waals surface area contributed by atoms with Crippen LogP contribution in [0.5, 0.6) is 0 Å². The molecule has 1 atom stereocenters. The van der Waals surface area contributed by atoms with Gasteiger partial charge in [-0.3, -0.25) is 14.4 Å². The van der Waals surface area contributed by atoms with Crippen molar-refractivity contribution in [2.75, 3.05) is 6.54 Å². The lowest BCUT2D eigenvalue weighted by molar-refractivity contribution is -0.139. The Morgan fingerprint density at radius 2 is 1.50 bits per heavy atom. The zero-order chi connectivity index (χ0) is 21.3. The SMILES string of the molecule is O=C(CNC(=O)C(=O)NCc1ccco1)NC(c1ccccc1)c1ccc(Cl)cc1. The molecule has 1 aromatic heterocycles. The summed E-state index contributed by atoms with van der Waals surface area (Å²) in [6.07, 6.45) is 1.47. The van der Waals surface area contributed by atoms with Crippen LogP contribution in [0.25, 0.3) is 0 Å². The molecule has 2 aromatic carbocycles. The fourth-order valence-corrected chi connectivity index (χ4v) is 2.90. The van der Waals surface area contributed by atoms with Crippen LogP contribution in [-0.4, -0.2) is 24.3 Å². The maximum Gasteiger partial charge on any atom is 0.309 e. The molecule has 0 aliphatic heterocycles. The third-order valence-electron chi connectivity index (χ3n) is 4.26. The average Bonchev–Trinajstić information content (AvgIpc) is 3.29. The molecule has 3 rings (SSSR count). The second-order valence-electron chi connectivity index (χ2n) is 6.41. The van der Waals surface area contributed by atoms with Crippen molar-refractivity contribution in [1.29, 1.82) is 0 Å². The molecule has 0 radical (unpaired) electrons. The topological polar surface area (TPSA) is 100 Å². The largest absolute Gasteiger partial charge is 0.467 e. The monoisotopic (exact) mass is 425 g/mol. The van der Waals surface area contributed by atoms with Crippen molar-refractivity contribution >= 4 is 29.3 Å². The van der Waals surface area contributed by atoms with E-state index in [0.29, 0.717) is 10.8 Å². The third kappa shape index (κ3) is 5.96. The summed E-state index contributed by atoms with van der Waals surface area (Å²) in [6.45, 7) is -0.262. The second-order valence-corrected chi connectivity index (χ2v) is 6.84. The number of rotatable bonds is 7.